The lowest BCUT2D eigenvalue weighted by atomic mass is 10.3. The number of ether oxygens (including phenoxy) is 2. The van der Waals surface area contributed by atoms with Crippen molar-refractivity contribution < 1.29 is 39.7 Å². The number of hydrogen-bond donors (Lipinski definition) is 4. The van der Waals surface area contributed by atoms with Gasteiger partial charge in [0, 0.05) is 13.8 Å². The molecule has 0 fully saturated rings. The number of nitrogens with zero attached hydrogens (tertiary/aromatic N) is 6. The van der Waals surface area contributed by atoms with Crippen LogP contribution in [0.25, 0.3) is 0 Å². The summed E-state index contributed by atoms with van der Waals surface area (Å²) in [5.74, 6) is 0.580. The fourth-order valence-corrected chi connectivity index (χ4v) is 2.88. The van der Waals surface area contributed by atoms with Crippen LogP contribution in [0, 0.1) is 34.1 Å². The molecule has 2 aromatic heterocycles. The summed E-state index contributed by atoms with van der Waals surface area (Å²) in [5, 5.41) is 58.6. The molecule has 2 heterocycles. The van der Waals surface area contributed by atoms with Crippen LogP contribution in [0.4, 0.5) is 11.6 Å². The van der Waals surface area contributed by atoms with Crippen LogP contribution in [0.3, 0.4) is 0 Å². The lowest BCUT2D eigenvalue weighted by molar-refractivity contribution is -0.392. The predicted molar refractivity (Wildman–Crippen MR) is 124 cm³/mol. The van der Waals surface area contributed by atoms with Crippen molar-refractivity contribution in [1.82, 2.24) is 19.1 Å². The fraction of sp³-hybridized carbons (Fsp3) is 0.700. The largest absolute Gasteiger partial charge is 0.394 e. The number of imidazole rings is 2. The highest BCUT2D eigenvalue weighted by molar-refractivity contribution is 5.19. The normalized spacial score (nSPS) is 14.4. The molecular formula is C20H34N6O10. The second kappa shape index (κ2) is 15.2. The molecule has 0 aliphatic rings. The Morgan fingerprint density at radius 1 is 0.889 bits per heavy atom. The van der Waals surface area contributed by atoms with Crippen molar-refractivity contribution in [2.24, 2.45) is 0 Å². The molecule has 16 heteroatoms. The van der Waals surface area contributed by atoms with Gasteiger partial charge < -0.3 is 50.1 Å². The van der Waals surface area contributed by atoms with Crippen molar-refractivity contribution in [3.8, 4) is 0 Å². The van der Waals surface area contributed by atoms with Crippen LogP contribution in [0.15, 0.2) is 12.4 Å². The zero-order valence-corrected chi connectivity index (χ0v) is 20.6. The van der Waals surface area contributed by atoms with E-state index in [9.17, 15) is 30.4 Å². The SMILES string of the molecule is Cc1ncc([N+](=O)[O-])n1CC(O)COC(C)CO.Cc1ncc([N+](=O)[O-])n1CC(O)COCC(C)O. The molecule has 4 unspecified atom stereocenters. The molecule has 0 aliphatic carbocycles. The number of aromatic nitrogens is 4. The highest BCUT2D eigenvalue weighted by Crippen LogP contribution is 2.15. The second-order valence-electron chi connectivity index (χ2n) is 8.08. The summed E-state index contributed by atoms with van der Waals surface area (Å²) in [6, 6.07) is 0. The first-order valence-corrected chi connectivity index (χ1v) is 11.0. The van der Waals surface area contributed by atoms with Crippen LogP contribution in [-0.2, 0) is 22.6 Å². The monoisotopic (exact) mass is 518 g/mol. The van der Waals surface area contributed by atoms with E-state index in [0.717, 1.165) is 12.4 Å². The highest BCUT2D eigenvalue weighted by Gasteiger charge is 2.22. The Morgan fingerprint density at radius 3 is 1.72 bits per heavy atom. The van der Waals surface area contributed by atoms with Gasteiger partial charge >= 0.3 is 11.6 Å². The Balaban J connectivity index is 0.000000360. The molecule has 36 heavy (non-hydrogen) atoms. The summed E-state index contributed by atoms with van der Waals surface area (Å²) in [6.07, 6.45) is -0.473. The van der Waals surface area contributed by atoms with E-state index in [1.165, 1.54) is 9.13 Å². The van der Waals surface area contributed by atoms with Gasteiger partial charge in [-0.1, -0.05) is 0 Å². The minimum Gasteiger partial charge on any atom is -0.394 e. The van der Waals surface area contributed by atoms with Gasteiger partial charge in [-0.2, -0.15) is 0 Å². The molecular weight excluding hydrogens is 484 g/mol. The van der Waals surface area contributed by atoms with Gasteiger partial charge in [-0.05, 0) is 23.7 Å². The lowest BCUT2D eigenvalue weighted by Crippen LogP contribution is -2.26. The van der Waals surface area contributed by atoms with Crippen LogP contribution in [-0.4, -0.2) is 100 Å². The van der Waals surface area contributed by atoms with Crippen LogP contribution >= 0.6 is 0 Å². The van der Waals surface area contributed by atoms with E-state index in [-0.39, 0.29) is 57.3 Å². The Labute approximate surface area is 207 Å². The van der Waals surface area contributed by atoms with Gasteiger partial charge in [0.05, 0.1) is 38.6 Å². The van der Waals surface area contributed by atoms with Crippen LogP contribution in [0.5, 0.6) is 0 Å². The number of nitro groups is 2. The van der Waals surface area contributed by atoms with Gasteiger partial charge in [-0.15, -0.1) is 0 Å². The van der Waals surface area contributed by atoms with Crippen molar-refractivity contribution in [3.63, 3.8) is 0 Å². The Kier molecular flexibility index (Phi) is 13.1. The van der Waals surface area contributed by atoms with E-state index in [2.05, 4.69) is 9.97 Å². The molecule has 0 saturated carbocycles. The van der Waals surface area contributed by atoms with Crippen molar-refractivity contribution in [1.29, 1.82) is 0 Å². The summed E-state index contributed by atoms with van der Waals surface area (Å²) in [4.78, 5) is 28.0. The first-order valence-electron chi connectivity index (χ1n) is 11.0. The maximum absolute atomic E-state index is 10.7. The van der Waals surface area contributed by atoms with E-state index in [1.807, 2.05) is 0 Å². The van der Waals surface area contributed by atoms with Crippen LogP contribution < -0.4 is 0 Å². The summed E-state index contributed by atoms with van der Waals surface area (Å²) >= 11 is 0. The molecule has 0 aromatic carbocycles. The molecule has 0 amide bonds. The molecule has 0 saturated heterocycles. The summed E-state index contributed by atoms with van der Waals surface area (Å²) in [6.45, 7) is 6.50. The van der Waals surface area contributed by atoms with Gasteiger partial charge in [0.1, 0.15) is 37.7 Å². The maximum Gasteiger partial charge on any atom is 0.342 e. The molecule has 2 rings (SSSR count). The fourth-order valence-electron chi connectivity index (χ4n) is 2.88. The second-order valence-corrected chi connectivity index (χ2v) is 8.08. The number of aryl methyl sites for hydroxylation is 2. The smallest absolute Gasteiger partial charge is 0.342 e. The van der Waals surface area contributed by atoms with E-state index in [0.29, 0.717) is 11.6 Å². The molecule has 0 radical (unpaired) electrons. The molecule has 4 N–H and O–H groups in total. The first kappa shape index (κ1) is 31.0. The van der Waals surface area contributed by atoms with Gasteiger partial charge in [0.2, 0.25) is 0 Å². The van der Waals surface area contributed by atoms with E-state index < -0.39 is 28.2 Å². The Morgan fingerprint density at radius 2 is 1.33 bits per heavy atom. The first-order chi connectivity index (χ1) is 16.9. The van der Waals surface area contributed by atoms with Crippen molar-refractivity contribution >= 4 is 11.6 Å². The van der Waals surface area contributed by atoms with Gasteiger partial charge in [-0.3, -0.25) is 0 Å². The average Bonchev–Trinajstić information content (AvgIpc) is 3.34. The zero-order chi connectivity index (χ0) is 27.4. The third kappa shape index (κ3) is 10.3. The molecule has 16 nitrogen and oxygen atoms in total. The third-order valence-corrected chi connectivity index (χ3v) is 4.73. The molecule has 2 aromatic rings. The maximum atomic E-state index is 10.7. The molecule has 0 bridgehead atoms. The third-order valence-electron chi connectivity index (χ3n) is 4.73. The zero-order valence-electron chi connectivity index (χ0n) is 20.6. The quantitative estimate of drug-likeness (QED) is 0.187. The predicted octanol–water partition coefficient (Wildman–Crippen LogP) is -0.284. The standard InChI is InChI=1S/2C10H17N3O5/c1-7(14)5-18-6-9(15)4-12-8(2)11-3-10(12)13(16)17;1-7(5-14)18-6-9(15)4-12-8(2)11-3-10(12)13(16)17/h2*3,7,9,14-15H,4-6H2,1-2H3. The van der Waals surface area contributed by atoms with Gasteiger partial charge in [0.15, 0.2) is 11.6 Å². The van der Waals surface area contributed by atoms with Crippen LogP contribution in [0.1, 0.15) is 25.5 Å². The minimum absolute atomic E-state index is 0.000323. The lowest BCUT2D eigenvalue weighted by Gasteiger charge is -2.14. The Hall–Kier alpha value is -3.02. The minimum atomic E-state index is -0.898. The van der Waals surface area contributed by atoms with Crippen molar-refractivity contribution in [2.75, 3.05) is 26.4 Å². The van der Waals surface area contributed by atoms with E-state index in [1.54, 1.807) is 27.7 Å². The number of hydrogen-bond acceptors (Lipinski definition) is 12. The number of rotatable bonds is 14. The molecule has 0 spiro atoms. The summed E-state index contributed by atoms with van der Waals surface area (Å²) in [7, 11) is 0. The van der Waals surface area contributed by atoms with Crippen LogP contribution in [0.2, 0.25) is 0 Å². The van der Waals surface area contributed by atoms with Gasteiger partial charge in [0.25, 0.3) is 0 Å². The molecule has 0 aliphatic heterocycles. The Bertz CT molecular complexity index is 963. The topological polar surface area (TPSA) is 221 Å². The number of aliphatic hydroxyl groups is 4. The van der Waals surface area contributed by atoms with Crippen molar-refractivity contribution in [2.45, 2.75) is 65.2 Å². The molecule has 4 atom stereocenters. The number of aliphatic hydroxyl groups excluding tert-OH is 4. The summed E-state index contributed by atoms with van der Waals surface area (Å²) < 4.78 is 12.8. The highest BCUT2D eigenvalue weighted by atomic mass is 16.6. The van der Waals surface area contributed by atoms with Gasteiger partial charge in [-0.25, -0.2) is 19.1 Å². The summed E-state index contributed by atoms with van der Waals surface area (Å²) in [5.41, 5.74) is 0. The molecule has 204 valence electrons. The van der Waals surface area contributed by atoms with Crippen molar-refractivity contribution in [3.05, 3.63) is 44.3 Å². The van der Waals surface area contributed by atoms with E-state index >= 15 is 0 Å². The average molecular weight is 519 g/mol. The van der Waals surface area contributed by atoms with E-state index in [4.69, 9.17) is 19.7 Å².